The molecule has 0 amide bonds. The molecule has 28 heavy (non-hydrogen) atoms. The van der Waals surface area contributed by atoms with Crippen molar-refractivity contribution < 1.29 is 32.9 Å². The van der Waals surface area contributed by atoms with E-state index >= 15 is 4.39 Å². The maximum absolute atomic E-state index is 15.1. The average Bonchev–Trinajstić information content (AvgIpc) is 2.97. The Morgan fingerprint density at radius 2 is 1.54 bits per heavy atom. The van der Waals surface area contributed by atoms with Gasteiger partial charge in [0.05, 0.1) is 11.1 Å². The number of benzene rings is 2. The third-order valence-corrected chi connectivity index (χ3v) is 4.56. The zero-order valence-corrected chi connectivity index (χ0v) is 15.5. The number of hydrogen-bond acceptors (Lipinski definition) is 6. The Balaban J connectivity index is 1.67. The molecule has 0 aliphatic carbocycles. The lowest BCUT2D eigenvalue weighted by Gasteiger charge is -2.30. The van der Waals surface area contributed by atoms with Crippen molar-refractivity contribution in [2.45, 2.75) is 31.1 Å². The molecule has 4 atom stereocenters. The highest BCUT2D eigenvalue weighted by atomic mass is 19.1. The molecule has 0 aromatic heterocycles. The molecule has 1 aliphatic heterocycles. The topological polar surface area (TPSA) is 71.1 Å². The molecule has 0 bridgehead atoms. The molecule has 7 heteroatoms. The fraction of sp³-hybridized carbons (Fsp3) is 0.333. The highest BCUT2D eigenvalue weighted by Gasteiger charge is 2.58. The summed E-state index contributed by atoms with van der Waals surface area (Å²) >= 11 is 0. The van der Waals surface area contributed by atoms with E-state index in [2.05, 4.69) is 0 Å². The lowest BCUT2D eigenvalue weighted by Crippen LogP contribution is -2.48. The Labute approximate surface area is 162 Å². The van der Waals surface area contributed by atoms with Crippen molar-refractivity contribution in [2.75, 3.05) is 13.7 Å². The molecule has 0 radical (unpaired) electrons. The molecule has 0 N–H and O–H groups in total. The van der Waals surface area contributed by atoms with Crippen LogP contribution in [0.4, 0.5) is 4.39 Å². The van der Waals surface area contributed by atoms with Crippen molar-refractivity contribution in [3.63, 3.8) is 0 Å². The summed E-state index contributed by atoms with van der Waals surface area (Å²) in [4.78, 5) is 24.5. The molecule has 6 nitrogen and oxygen atoms in total. The fourth-order valence-electron chi connectivity index (χ4n) is 3.03. The Morgan fingerprint density at radius 1 is 1.00 bits per heavy atom. The first kappa shape index (κ1) is 20.0. The maximum Gasteiger partial charge on any atom is 0.338 e. The Morgan fingerprint density at radius 3 is 2.07 bits per heavy atom. The van der Waals surface area contributed by atoms with Crippen LogP contribution in [0.3, 0.4) is 0 Å². The minimum atomic E-state index is -1.76. The minimum absolute atomic E-state index is 0.282. The lowest BCUT2D eigenvalue weighted by molar-refractivity contribution is -0.186. The number of esters is 2. The first-order chi connectivity index (χ1) is 13.5. The van der Waals surface area contributed by atoms with Gasteiger partial charge in [-0.15, -0.1) is 0 Å². The van der Waals surface area contributed by atoms with Gasteiger partial charge in [-0.1, -0.05) is 36.4 Å². The quantitative estimate of drug-likeness (QED) is 0.708. The van der Waals surface area contributed by atoms with Crippen LogP contribution in [0.25, 0.3) is 0 Å². The number of methoxy groups -OCH3 is 1. The highest BCUT2D eigenvalue weighted by Crippen LogP contribution is 2.38. The Kier molecular flexibility index (Phi) is 6.06. The van der Waals surface area contributed by atoms with Crippen LogP contribution in [0.1, 0.15) is 27.6 Å². The van der Waals surface area contributed by atoms with Gasteiger partial charge in [-0.25, -0.2) is 14.0 Å². The zero-order valence-electron chi connectivity index (χ0n) is 15.5. The van der Waals surface area contributed by atoms with Crippen molar-refractivity contribution in [2.24, 2.45) is 0 Å². The van der Waals surface area contributed by atoms with E-state index in [9.17, 15) is 9.59 Å². The van der Waals surface area contributed by atoms with Crippen LogP contribution in [-0.2, 0) is 18.9 Å². The van der Waals surface area contributed by atoms with Crippen LogP contribution in [0.15, 0.2) is 60.7 Å². The van der Waals surface area contributed by atoms with Gasteiger partial charge in [0.2, 0.25) is 6.29 Å². The number of alkyl halides is 1. The van der Waals surface area contributed by atoms with E-state index in [0.717, 1.165) is 0 Å². The molecule has 0 unspecified atom stereocenters. The summed E-state index contributed by atoms with van der Waals surface area (Å²) in [5, 5.41) is 0. The van der Waals surface area contributed by atoms with E-state index in [-0.39, 0.29) is 12.2 Å². The smallest absolute Gasteiger partial charge is 0.338 e. The van der Waals surface area contributed by atoms with Crippen LogP contribution in [0, 0.1) is 0 Å². The summed E-state index contributed by atoms with van der Waals surface area (Å²) < 4.78 is 36.4. The second-order valence-electron chi connectivity index (χ2n) is 6.55. The second-order valence-corrected chi connectivity index (χ2v) is 6.55. The molecule has 1 aliphatic rings. The maximum atomic E-state index is 15.1. The molecule has 2 aromatic carbocycles. The lowest BCUT2D eigenvalue weighted by atomic mass is 9.98. The van der Waals surface area contributed by atoms with Crippen LogP contribution in [-0.4, -0.2) is 49.8 Å². The van der Waals surface area contributed by atoms with Gasteiger partial charge in [-0.05, 0) is 31.2 Å². The largest absolute Gasteiger partial charge is 0.459 e. The summed E-state index contributed by atoms with van der Waals surface area (Å²) in [6, 6.07) is 16.6. The van der Waals surface area contributed by atoms with Crippen LogP contribution >= 0.6 is 0 Å². The van der Waals surface area contributed by atoms with E-state index in [1.165, 1.54) is 14.0 Å². The van der Waals surface area contributed by atoms with Crippen LogP contribution < -0.4 is 0 Å². The first-order valence-electron chi connectivity index (χ1n) is 8.78. The zero-order chi connectivity index (χ0) is 20.1. The monoisotopic (exact) mass is 388 g/mol. The molecule has 0 saturated carbocycles. The summed E-state index contributed by atoms with van der Waals surface area (Å²) in [5.74, 6) is -1.29. The molecule has 1 fully saturated rings. The van der Waals surface area contributed by atoms with E-state index in [0.29, 0.717) is 5.56 Å². The SMILES string of the molecule is CO[C@H]1O[C@H](COC(=O)c2ccccc2)[C@@H](F)[C@@]1(C)OC(=O)c1ccccc1. The number of rotatable bonds is 6. The predicted octanol–water partition coefficient (Wildman–Crippen LogP) is 3.17. The summed E-state index contributed by atoms with van der Waals surface area (Å²) in [6.45, 7) is 1.05. The first-order valence-corrected chi connectivity index (χ1v) is 8.78. The Hall–Kier alpha value is -2.77. The normalized spacial score (nSPS) is 26.6. The predicted molar refractivity (Wildman–Crippen MR) is 97.6 cm³/mol. The number of carbonyl (C=O) groups is 2. The Bertz CT molecular complexity index is 812. The summed E-state index contributed by atoms with van der Waals surface area (Å²) in [5.41, 5.74) is -1.06. The molecule has 1 heterocycles. The number of hydrogen-bond donors (Lipinski definition) is 0. The van der Waals surface area contributed by atoms with Gasteiger partial charge >= 0.3 is 11.9 Å². The fourth-order valence-corrected chi connectivity index (χ4v) is 3.03. The van der Waals surface area contributed by atoms with E-state index in [4.69, 9.17) is 18.9 Å². The van der Waals surface area contributed by atoms with Crippen molar-refractivity contribution in [1.29, 1.82) is 0 Å². The van der Waals surface area contributed by atoms with Gasteiger partial charge < -0.3 is 18.9 Å². The van der Waals surface area contributed by atoms with Crippen molar-refractivity contribution in [1.82, 2.24) is 0 Å². The summed E-state index contributed by atoms with van der Waals surface area (Å²) in [6.07, 6.45) is -4.03. The highest BCUT2D eigenvalue weighted by molar-refractivity contribution is 5.90. The van der Waals surface area contributed by atoms with Gasteiger partial charge in [0.15, 0.2) is 11.8 Å². The molecule has 3 rings (SSSR count). The van der Waals surface area contributed by atoms with E-state index in [1.54, 1.807) is 60.7 Å². The van der Waals surface area contributed by atoms with E-state index < -0.39 is 36.1 Å². The third kappa shape index (κ3) is 4.05. The van der Waals surface area contributed by atoms with E-state index in [1.807, 2.05) is 0 Å². The number of carbonyl (C=O) groups excluding carboxylic acids is 2. The van der Waals surface area contributed by atoms with Crippen LogP contribution in [0.2, 0.25) is 0 Å². The van der Waals surface area contributed by atoms with Gasteiger partial charge in [-0.3, -0.25) is 0 Å². The molecular formula is C21H21FO6. The molecule has 0 spiro atoms. The van der Waals surface area contributed by atoms with Gasteiger partial charge in [0.25, 0.3) is 0 Å². The summed E-state index contributed by atoms with van der Waals surface area (Å²) in [7, 11) is 1.32. The van der Waals surface area contributed by atoms with Crippen molar-refractivity contribution in [3.8, 4) is 0 Å². The second kappa shape index (κ2) is 8.50. The van der Waals surface area contributed by atoms with Crippen LogP contribution in [0.5, 0.6) is 0 Å². The van der Waals surface area contributed by atoms with Crippen molar-refractivity contribution >= 4 is 11.9 Å². The minimum Gasteiger partial charge on any atom is -0.459 e. The van der Waals surface area contributed by atoms with Gasteiger partial charge in [-0.2, -0.15) is 0 Å². The standard InChI is InChI=1S/C21H21FO6/c1-21(28-19(24)15-11-7-4-8-12-15)17(22)16(27-20(21)25-2)13-26-18(23)14-9-5-3-6-10-14/h3-12,16-17,20H,13H2,1-2H3/t16-,17-,20+,21-/m1/s1. The number of halogens is 1. The molecular weight excluding hydrogens is 367 g/mol. The van der Waals surface area contributed by atoms with Gasteiger partial charge in [0, 0.05) is 7.11 Å². The number of ether oxygens (including phenoxy) is 4. The third-order valence-electron chi connectivity index (χ3n) is 4.56. The average molecular weight is 388 g/mol. The van der Waals surface area contributed by atoms with Crippen molar-refractivity contribution in [3.05, 3.63) is 71.8 Å². The van der Waals surface area contributed by atoms with Gasteiger partial charge in [0.1, 0.15) is 12.7 Å². The molecule has 148 valence electrons. The molecule has 1 saturated heterocycles. The molecule has 2 aromatic rings.